The Balaban J connectivity index is 1.21. The number of ether oxygens (including phenoxy) is 1. The summed E-state index contributed by atoms with van der Waals surface area (Å²) in [5.74, 6) is -0.699. The van der Waals surface area contributed by atoms with E-state index in [-0.39, 0.29) is 17.4 Å². The van der Waals surface area contributed by atoms with Gasteiger partial charge in [-0.25, -0.2) is 9.69 Å². The summed E-state index contributed by atoms with van der Waals surface area (Å²) in [4.78, 5) is 44.9. The van der Waals surface area contributed by atoms with E-state index < -0.39 is 17.8 Å². The molecule has 1 saturated heterocycles. The van der Waals surface area contributed by atoms with Gasteiger partial charge in [-0.1, -0.05) is 109 Å². The third-order valence-corrected chi connectivity index (χ3v) is 10.1. The van der Waals surface area contributed by atoms with Crippen LogP contribution in [-0.2, 0) is 16.2 Å². The van der Waals surface area contributed by atoms with Crippen LogP contribution in [0.25, 0.3) is 6.08 Å². The topological polar surface area (TPSA) is 79.0 Å². The Morgan fingerprint density at radius 3 is 2.00 bits per heavy atom. The van der Waals surface area contributed by atoms with Crippen molar-refractivity contribution in [3.8, 4) is 5.75 Å². The standard InChI is InChI=1S/C43H37N3O4/c1-28-11-10-12-29(23-28)27-50-39-18-9-8-17-32(39)24-38-41(47)44-43(49)46(42(38)48)33-25-36-34(30-13-4-2-5-14-30)19-21-45-22-20-35(37(26-33)40(36)45)31-15-6-3-7-16-31/h2-18,23-26,34-35H,19-22,27H2,1H3,(H,44,47,49)/b38-24+/t34-,35-/m1/s1. The molecule has 7 nitrogen and oxygen atoms in total. The smallest absolute Gasteiger partial charge is 0.335 e. The lowest BCUT2D eigenvalue weighted by Gasteiger charge is -2.44. The van der Waals surface area contributed by atoms with Gasteiger partial charge in [0.25, 0.3) is 11.8 Å². The molecule has 248 valence electrons. The highest BCUT2D eigenvalue weighted by molar-refractivity contribution is 6.39. The highest BCUT2D eigenvalue weighted by atomic mass is 16.5. The van der Waals surface area contributed by atoms with Crippen LogP contribution in [0.15, 0.2) is 127 Å². The summed E-state index contributed by atoms with van der Waals surface area (Å²) in [6.45, 7) is 4.21. The lowest BCUT2D eigenvalue weighted by Crippen LogP contribution is -2.54. The number of para-hydroxylation sites is 1. The van der Waals surface area contributed by atoms with E-state index in [0.717, 1.165) is 53.1 Å². The SMILES string of the molecule is Cc1cccc(COc2ccccc2/C=C2\C(=O)NC(=O)N(c3cc4c5c(c3)[C@@H](c3ccccc3)CCN5CC[C@@H]4c3ccccc3)C2=O)c1. The molecule has 0 saturated carbocycles. The number of hydrogen-bond acceptors (Lipinski definition) is 5. The molecular weight excluding hydrogens is 622 g/mol. The van der Waals surface area contributed by atoms with Crippen LogP contribution >= 0.6 is 0 Å². The summed E-state index contributed by atoms with van der Waals surface area (Å²) >= 11 is 0. The summed E-state index contributed by atoms with van der Waals surface area (Å²) in [6.07, 6.45) is 3.35. The van der Waals surface area contributed by atoms with Gasteiger partial charge in [0.1, 0.15) is 17.9 Å². The van der Waals surface area contributed by atoms with E-state index in [1.165, 1.54) is 22.9 Å². The van der Waals surface area contributed by atoms with Crippen molar-refractivity contribution >= 4 is 35.3 Å². The van der Waals surface area contributed by atoms with Gasteiger partial charge in [0.05, 0.1) is 5.69 Å². The average Bonchev–Trinajstić information content (AvgIpc) is 3.14. The molecule has 1 N–H and O–H groups in total. The van der Waals surface area contributed by atoms with Crippen molar-refractivity contribution in [2.75, 3.05) is 22.9 Å². The van der Waals surface area contributed by atoms with Gasteiger partial charge in [0.2, 0.25) is 0 Å². The first-order chi connectivity index (χ1) is 24.4. The summed E-state index contributed by atoms with van der Waals surface area (Å²) < 4.78 is 6.17. The minimum absolute atomic E-state index is 0.0905. The second kappa shape index (κ2) is 13.2. The fourth-order valence-corrected chi connectivity index (χ4v) is 7.71. The predicted octanol–water partition coefficient (Wildman–Crippen LogP) is 8.12. The van der Waals surface area contributed by atoms with Gasteiger partial charge in [0, 0.05) is 36.2 Å². The highest BCUT2D eigenvalue weighted by Crippen LogP contribution is 2.50. The number of hydrogen-bond donors (Lipinski definition) is 1. The molecule has 5 aromatic carbocycles. The summed E-state index contributed by atoms with van der Waals surface area (Å²) in [5, 5.41) is 2.45. The molecule has 2 atom stereocenters. The largest absolute Gasteiger partial charge is 0.488 e. The van der Waals surface area contributed by atoms with Crippen molar-refractivity contribution in [3.05, 3.63) is 166 Å². The van der Waals surface area contributed by atoms with E-state index in [0.29, 0.717) is 23.6 Å². The number of rotatable bonds is 7. The van der Waals surface area contributed by atoms with E-state index in [2.05, 4.69) is 64.8 Å². The van der Waals surface area contributed by atoms with Crippen LogP contribution < -0.4 is 19.9 Å². The maximum absolute atomic E-state index is 14.4. The van der Waals surface area contributed by atoms with Crippen molar-refractivity contribution in [2.24, 2.45) is 0 Å². The zero-order valence-corrected chi connectivity index (χ0v) is 27.8. The van der Waals surface area contributed by atoms with Gasteiger partial charge in [-0.3, -0.25) is 14.9 Å². The third-order valence-electron chi connectivity index (χ3n) is 10.1. The molecule has 4 amide bonds. The molecular formula is C43H37N3O4. The van der Waals surface area contributed by atoms with Crippen molar-refractivity contribution in [2.45, 2.75) is 38.2 Å². The van der Waals surface area contributed by atoms with Crippen LogP contribution in [0, 0.1) is 6.92 Å². The van der Waals surface area contributed by atoms with Crippen molar-refractivity contribution < 1.29 is 19.1 Å². The molecule has 0 spiro atoms. The minimum atomic E-state index is -0.760. The summed E-state index contributed by atoms with van der Waals surface area (Å²) in [6, 6.07) is 39.4. The molecule has 3 heterocycles. The highest BCUT2D eigenvalue weighted by Gasteiger charge is 2.40. The van der Waals surface area contributed by atoms with Crippen LogP contribution in [0.3, 0.4) is 0 Å². The first-order valence-corrected chi connectivity index (χ1v) is 17.2. The molecule has 3 aliphatic rings. The Morgan fingerprint density at radius 2 is 1.36 bits per heavy atom. The van der Waals surface area contributed by atoms with Crippen LogP contribution in [-0.4, -0.2) is 30.9 Å². The molecule has 0 aliphatic carbocycles. The minimum Gasteiger partial charge on any atom is -0.488 e. The Bertz CT molecular complexity index is 2070. The first kappa shape index (κ1) is 31.3. The van der Waals surface area contributed by atoms with E-state index >= 15 is 0 Å². The van der Waals surface area contributed by atoms with Gasteiger partial charge in [0.15, 0.2) is 0 Å². The number of nitrogens with one attached hydrogen (secondary N) is 1. The maximum Gasteiger partial charge on any atom is 0.335 e. The lowest BCUT2D eigenvalue weighted by molar-refractivity contribution is -0.122. The molecule has 0 bridgehead atoms. The zero-order chi connectivity index (χ0) is 34.2. The Morgan fingerprint density at radius 1 is 0.740 bits per heavy atom. The van der Waals surface area contributed by atoms with Crippen LogP contribution in [0.4, 0.5) is 16.2 Å². The number of aryl methyl sites for hydroxylation is 1. The molecule has 7 heteroatoms. The van der Waals surface area contributed by atoms with Gasteiger partial charge >= 0.3 is 6.03 Å². The van der Waals surface area contributed by atoms with Gasteiger partial charge in [-0.2, -0.15) is 0 Å². The third kappa shape index (κ3) is 5.85. The Kier molecular flexibility index (Phi) is 8.25. The van der Waals surface area contributed by atoms with Crippen LogP contribution in [0.1, 0.15) is 63.6 Å². The van der Waals surface area contributed by atoms with Crippen molar-refractivity contribution in [3.63, 3.8) is 0 Å². The van der Waals surface area contributed by atoms with Crippen molar-refractivity contribution in [1.82, 2.24) is 5.32 Å². The normalized spacial score (nSPS) is 19.3. The Labute approximate surface area is 291 Å². The number of carbonyl (C=O) groups is 3. The van der Waals surface area contributed by atoms with Crippen LogP contribution in [0.5, 0.6) is 5.75 Å². The van der Waals surface area contributed by atoms with Crippen LogP contribution in [0.2, 0.25) is 0 Å². The van der Waals surface area contributed by atoms with E-state index in [1.807, 2.05) is 67.6 Å². The lowest BCUT2D eigenvalue weighted by atomic mass is 9.76. The quantitative estimate of drug-likeness (QED) is 0.141. The monoisotopic (exact) mass is 659 g/mol. The number of carbonyl (C=O) groups excluding carboxylic acids is 3. The second-order valence-corrected chi connectivity index (χ2v) is 13.2. The van der Waals surface area contributed by atoms with Gasteiger partial charge < -0.3 is 9.64 Å². The number of anilines is 2. The van der Waals surface area contributed by atoms with E-state index in [9.17, 15) is 14.4 Å². The number of urea groups is 1. The molecule has 8 rings (SSSR count). The fourth-order valence-electron chi connectivity index (χ4n) is 7.71. The van der Waals surface area contributed by atoms with Gasteiger partial charge in [-0.05, 0) is 71.9 Å². The molecule has 0 aromatic heterocycles. The fraction of sp³-hybridized carbons (Fsp3) is 0.186. The first-order valence-electron chi connectivity index (χ1n) is 17.2. The number of nitrogens with zero attached hydrogens (tertiary/aromatic N) is 2. The average molecular weight is 660 g/mol. The van der Waals surface area contributed by atoms with Crippen molar-refractivity contribution in [1.29, 1.82) is 0 Å². The molecule has 50 heavy (non-hydrogen) atoms. The maximum atomic E-state index is 14.4. The molecule has 1 fully saturated rings. The summed E-state index contributed by atoms with van der Waals surface area (Å²) in [5.41, 5.74) is 8.78. The van der Waals surface area contributed by atoms with Gasteiger partial charge in [-0.15, -0.1) is 0 Å². The number of benzene rings is 5. The number of amides is 4. The molecule has 0 radical (unpaired) electrons. The zero-order valence-electron chi connectivity index (χ0n) is 27.8. The molecule has 3 aliphatic heterocycles. The predicted molar refractivity (Wildman–Crippen MR) is 195 cm³/mol. The second-order valence-electron chi connectivity index (χ2n) is 13.2. The number of imide groups is 2. The molecule has 0 unspecified atom stereocenters. The number of barbiturate groups is 1. The Hall–Kier alpha value is -5.95. The van der Waals surface area contributed by atoms with E-state index in [1.54, 1.807) is 6.07 Å². The molecule has 5 aromatic rings. The van der Waals surface area contributed by atoms with E-state index in [4.69, 9.17) is 4.74 Å². The summed E-state index contributed by atoms with van der Waals surface area (Å²) in [7, 11) is 0.